The summed E-state index contributed by atoms with van der Waals surface area (Å²) in [6, 6.07) is 9.74. The van der Waals surface area contributed by atoms with Crippen molar-refractivity contribution >= 4 is 17.5 Å². The smallest absolute Gasteiger partial charge is 0.368 e. The number of aryl methyl sites for hydroxylation is 1. The van der Waals surface area contributed by atoms with E-state index in [0.29, 0.717) is 17.2 Å². The first-order chi connectivity index (χ1) is 13.2. The number of alkyl halides is 3. The maximum absolute atomic E-state index is 12.9. The molecule has 0 aliphatic heterocycles. The fourth-order valence-electron chi connectivity index (χ4n) is 2.48. The average molecular weight is 388 g/mol. The fourth-order valence-corrected chi connectivity index (χ4v) is 2.48. The Morgan fingerprint density at radius 1 is 0.964 bits per heavy atom. The molecule has 0 saturated carbocycles. The largest absolute Gasteiger partial charge is 0.433 e. The van der Waals surface area contributed by atoms with Crippen LogP contribution in [-0.2, 0) is 6.18 Å². The van der Waals surface area contributed by atoms with Crippen LogP contribution in [0.25, 0.3) is 11.4 Å². The first-order valence-corrected chi connectivity index (χ1v) is 8.60. The van der Waals surface area contributed by atoms with Gasteiger partial charge in [-0.25, -0.2) is 4.98 Å². The van der Waals surface area contributed by atoms with Crippen molar-refractivity contribution < 1.29 is 13.2 Å². The first-order valence-electron chi connectivity index (χ1n) is 8.60. The van der Waals surface area contributed by atoms with Gasteiger partial charge in [0.1, 0.15) is 11.5 Å². The zero-order valence-corrected chi connectivity index (χ0v) is 15.5. The van der Waals surface area contributed by atoms with Crippen LogP contribution >= 0.6 is 0 Å². The fraction of sp³-hybridized carbons (Fsp3) is 0.263. The van der Waals surface area contributed by atoms with Crippen molar-refractivity contribution in [3.63, 3.8) is 0 Å². The lowest BCUT2D eigenvalue weighted by atomic mass is 10.2. The first kappa shape index (κ1) is 19.5. The van der Waals surface area contributed by atoms with Crippen LogP contribution in [0.4, 0.5) is 30.6 Å². The maximum atomic E-state index is 12.9. The maximum Gasteiger partial charge on any atom is 0.433 e. The highest BCUT2D eigenvalue weighted by Crippen LogP contribution is 2.30. The summed E-state index contributed by atoms with van der Waals surface area (Å²) in [6.07, 6.45) is -3.44. The Balaban J connectivity index is 1.99. The van der Waals surface area contributed by atoms with Gasteiger partial charge in [-0.05, 0) is 45.0 Å². The minimum Gasteiger partial charge on any atom is -0.368 e. The molecule has 0 aromatic carbocycles. The number of rotatable bonds is 5. The molecule has 28 heavy (non-hydrogen) atoms. The van der Waals surface area contributed by atoms with Gasteiger partial charge in [0.15, 0.2) is 0 Å². The summed E-state index contributed by atoms with van der Waals surface area (Å²) in [5.74, 6) is 0.694. The van der Waals surface area contributed by atoms with Crippen LogP contribution in [0.1, 0.15) is 25.2 Å². The van der Waals surface area contributed by atoms with Gasteiger partial charge >= 0.3 is 6.18 Å². The van der Waals surface area contributed by atoms with Crippen molar-refractivity contribution in [2.45, 2.75) is 33.0 Å². The number of halogens is 3. The molecule has 0 spiro atoms. The predicted molar refractivity (Wildman–Crippen MR) is 101 cm³/mol. The van der Waals surface area contributed by atoms with E-state index >= 15 is 0 Å². The Bertz CT molecular complexity index is 972. The van der Waals surface area contributed by atoms with Crippen molar-refractivity contribution in [2.24, 2.45) is 0 Å². The average Bonchev–Trinajstić information content (AvgIpc) is 2.60. The molecule has 0 atom stereocenters. The molecule has 0 amide bonds. The van der Waals surface area contributed by atoms with Crippen LogP contribution in [0, 0.1) is 6.92 Å². The highest BCUT2D eigenvalue weighted by atomic mass is 19.4. The van der Waals surface area contributed by atoms with Crippen molar-refractivity contribution in [1.29, 1.82) is 0 Å². The molecule has 9 heteroatoms. The van der Waals surface area contributed by atoms with E-state index in [4.69, 9.17) is 0 Å². The van der Waals surface area contributed by atoms with E-state index < -0.39 is 11.9 Å². The van der Waals surface area contributed by atoms with E-state index in [1.807, 2.05) is 39.0 Å². The second-order valence-corrected chi connectivity index (χ2v) is 6.48. The summed E-state index contributed by atoms with van der Waals surface area (Å²) in [5.41, 5.74) is 1.21. The Hall–Kier alpha value is -3.23. The summed E-state index contributed by atoms with van der Waals surface area (Å²) in [6.45, 7) is 5.78. The van der Waals surface area contributed by atoms with E-state index in [2.05, 4.69) is 30.6 Å². The summed E-state index contributed by atoms with van der Waals surface area (Å²) >= 11 is 0. The Kier molecular flexibility index (Phi) is 5.43. The van der Waals surface area contributed by atoms with Gasteiger partial charge in [0.05, 0.1) is 11.4 Å². The second-order valence-electron chi connectivity index (χ2n) is 6.48. The zero-order valence-electron chi connectivity index (χ0n) is 15.5. The second kappa shape index (κ2) is 7.79. The third-order valence-electron chi connectivity index (χ3n) is 3.62. The zero-order chi connectivity index (χ0) is 20.3. The van der Waals surface area contributed by atoms with E-state index in [0.717, 1.165) is 18.0 Å². The van der Waals surface area contributed by atoms with Gasteiger partial charge in [-0.3, -0.25) is 9.97 Å². The number of hydrogen-bond donors (Lipinski definition) is 2. The van der Waals surface area contributed by atoms with Crippen LogP contribution in [-0.4, -0.2) is 26.0 Å². The number of aromatic nitrogens is 4. The van der Waals surface area contributed by atoms with Crippen molar-refractivity contribution in [3.05, 3.63) is 54.0 Å². The lowest BCUT2D eigenvalue weighted by molar-refractivity contribution is -0.141. The number of nitrogens with zero attached hydrogens (tertiary/aromatic N) is 4. The molecular weight excluding hydrogens is 369 g/mol. The van der Waals surface area contributed by atoms with Gasteiger partial charge in [0.2, 0.25) is 5.95 Å². The minimum absolute atomic E-state index is 0.110. The molecule has 0 fully saturated rings. The molecule has 0 aliphatic carbocycles. The predicted octanol–water partition coefficient (Wildman–Crippen LogP) is 4.82. The summed E-state index contributed by atoms with van der Waals surface area (Å²) in [7, 11) is 0. The topological polar surface area (TPSA) is 75.6 Å². The standard InChI is InChI=1S/C19H19F3N6/c1-11(2)24-17-10-15(14-6-4-5-12(3)25-14)27-18(28-17)26-13-7-8-23-16(9-13)19(20,21)22/h4-11H,1-3H3,(H2,23,24,26,27,28). The van der Waals surface area contributed by atoms with Gasteiger partial charge < -0.3 is 10.6 Å². The molecular formula is C19H19F3N6. The third-order valence-corrected chi connectivity index (χ3v) is 3.62. The lowest BCUT2D eigenvalue weighted by Gasteiger charge is -2.14. The SMILES string of the molecule is Cc1cccc(-c2cc(NC(C)C)nc(Nc3ccnc(C(F)(F)F)c3)n2)n1. The summed E-state index contributed by atoms with van der Waals surface area (Å²) < 4.78 is 38.7. The van der Waals surface area contributed by atoms with Crippen LogP contribution in [0.2, 0.25) is 0 Å². The molecule has 0 aliphatic rings. The van der Waals surface area contributed by atoms with Crippen molar-refractivity contribution in [3.8, 4) is 11.4 Å². The molecule has 3 heterocycles. The molecule has 146 valence electrons. The van der Waals surface area contributed by atoms with Gasteiger partial charge in [-0.1, -0.05) is 6.07 Å². The van der Waals surface area contributed by atoms with Gasteiger partial charge in [-0.15, -0.1) is 0 Å². The van der Waals surface area contributed by atoms with Crippen LogP contribution in [0.3, 0.4) is 0 Å². The quantitative estimate of drug-likeness (QED) is 0.652. The monoisotopic (exact) mass is 388 g/mol. The van der Waals surface area contributed by atoms with Gasteiger partial charge in [0, 0.05) is 29.7 Å². The van der Waals surface area contributed by atoms with Crippen molar-refractivity contribution in [2.75, 3.05) is 10.6 Å². The molecule has 2 N–H and O–H groups in total. The van der Waals surface area contributed by atoms with Crippen LogP contribution in [0.15, 0.2) is 42.6 Å². The minimum atomic E-state index is -4.53. The highest BCUT2D eigenvalue weighted by molar-refractivity contribution is 5.64. The molecule has 3 aromatic rings. The normalized spacial score (nSPS) is 11.5. The van der Waals surface area contributed by atoms with E-state index in [1.54, 1.807) is 6.07 Å². The number of hydrogen-bond acceptors (Lipinski definition) is 6. The Morgan fingerprint density at radius 3 is 2.43 bits per heavy atom. The molecule has 3 aromatic heterocycles. The third kappa shape index (κ3) is 4.93. The molecule has 0 bridgehead atoms. The van der Waals surface area contributed by atoms with E-state index in [1.165, 1.54) is 6.07 Å². The number of pyridine rings is 2. The van der Waals surface area contributed by atoms with Crippen LogP contribution in [0.5, 0.6) is 0 Å². The number of anilines is 3. The van der Waals surface area contributed by atoms with Gasteiger partial charge in [0.25, 0.3) is 0 Å². The number of nitrogens with one attached hydrogen (secondary N) is 2. The summed E-state index contributed by atoms with van der Waals surface area (Å²) in [4.78, 5) is 16.6. The van der Waals surface area contributed by atoms with E-state index in [9.17, 15) is 13.2 Å². The molecule has 0 unspecified atom stereocenters. The Labute approximate surface area is 160 Å². The van der Waals surface area contributed by atoms with E-state index in [-0.39, 0.29) is 17.7 Å². The molecule has 0 radical (unpaired) electrons. The van der Waals surface area contributed by atoms with Crippen molar-refractivity contribution in [1.82, 2.24) is 19.9 Å². The highest BCUT2D eigenvalue weighted by Gasteiger charge is 2.32. The Morgan fingerprint density at radius 2 is 1.75 bits per heavy atom. The van der Waals surface area contributed by atoms with Gasteiger partial charge in [-0.2, -0.15) is 18.2 Å². The van der Waals surface area contributed by atoms with Crippen LogP contribution < -0.4 is 10.6 Å². The molecule has 0 saturated heterocycles. The molecule has 3 rings (SSSR count). The lowest BCUT2D eigenvalue weighted by Crippen LogP contribution is -2.13. The summed E-state index contributed by atoms with van der Waals surface area (Å²) in [5, 5.41) is 6.00. The molecule has 6 nitrogen and oxygen atoms in total.